The maximum atomic E-state index is 11.3. The number of rotatable bonds is 3. The lowest BCUT2D eigenvalue weighted by Gasteiger charge is -2.07. The van der Waals surface area contributed by atoms with Crippen LogP contribution >= 0.6 is 0 Å². The van der Waals surface area contributed by atoms with Gasteiger partial charge in [-0.2, -0.15) is 0 Å². The molecule has 0 amide bonds. The van der Waals surface area contributed by atoms with Gasteiger partial charge in [0, 0.05) is 12.6 Å². The maximum absolute atomic E-state index is 11.3. The molecule has 0 aromatic heterocycles. The van der Waals surface area contributed by atoms with Gasteiger partial charge in [0.15, 0.2) is 10.1 Å². The second-order valence-corrected chi connectivity index (χ2v) is 5.04. The summed E-state index contributed by atoms with van der Waals surface area (Å²) >= 11 is 0. The summed E-state index contributed by atoms with van der Waals surface area (Å²) in [6.45, 7) is 4.09. The van der Waals surface area contributed by atoms with Gasteiger partial charge in [-0.1, -0.05) is 13.8 Å². The molecule has 1 aliphatic rings. The molecule has 0 bridgehead atoms. The minimum atomic E-state index is -3.44. The largest absolute Gasteiger partial charge is 0.388 e. The van der Waals surface area contributed by atoms with Crippen molar-refractivity contribution >= 4 is 14.9 Å². The Morgan fingerprint density at radius 1 is 1.62 bits per heavy atom. The first kappa shape index (κ1) is 10.2. The van der Waals surface area contributed by atoms with Crippen LogP contribution in [0.5, 0.6) is 0 Å². The second-order valence-electron chi connectivity index (χ2n) is 3.09. The van der Waals surface area contributed by atoms with E-state index in [0.29, 0.717) is 0 Å². The maximum Gasteiger partial charge on any atom is 0.237 e. The third-order valence-electron chi connectivity index (χ3n) is 1.62. The van der Waals surface area contributed by atoms with E-state index in [1.165, 1.54) is 6.20 Å². The van der Waals surface area contributed by atoms with Gasteiger partial charge < -0.3 is 11.1 Å². The van der Waals surface area contributed by atoms with Gasteiger partial charge in [-0.15, -0.1) is 0 Å². The molecule has 1 rings (SSSR count). The number of hydrogen-bond donors (Lipinski definition) is 2. The minimum Gasteiger partial charge on any atom is -0.388 e. The molecule has 0 aromatic rings. The highest BCUT2D eigenvalue weighted by Gasteiger charge is 2.26. The summed E-state index contributed by atoms with van der Waals surface area (Å²) < 4.78 is 22.7. The summed E-state index contributed by atoms with van der Waals surface area (Å²) in [6.07, 6.45) is 1.17. The molecule has 1 heterocycles. The number of aliphatic imine (C=N–C) groups is 1. The van der Waals surface area contributed by atoms with Crippen LogP contribution in [0.4, 0.5) is 0 Å². The molecule has 5 nitrogen and oxygen atoms in total. The SMILES string of the molecule is CC(C)NCC1=NC=C(N)S1(=O)=O. The van der Waals surface area contributed by atoms with Crippen molar-refractivity contribution in [2.75, 3.05) is 6.54 Å². The molecule has 1 aliphatic heterocycles. The van der Waals surface area contributed by atoms with Crippen molar-refractivity contribution < 1.29 is 8.42 Å². The van der Waals surface area contributed by atoms with Crippen LogP contribution in [0, 0.1) is 0 Å². The van der Waals surface area contributed by atoms with Crippen LogP contribution in [0.25, 0.3) is 0 Å². The van der Waals surface area contributed by atoms with E-state index in [1.807, 2.05) is 13.8 Å². The topological polar surface area (TPSA) is 84.5 Å². The van der Waals surface area contributed by atoms with Gasteiger partial charge in [0.1, 0.15) is 0 Å². The van der Waals surface area contributed by atoms with Gasteiger partial charge in [-0.05, 0) is 0 Å². The van der Waals surface area contributed by atoms with Gasteiger partial charge in [-0.25, -0.2) is 13.4 Å². The van der Waals surface area contributed by atoms with Crippen LogP contribution in [0.1, 0.15) is 13.8 Å². The molecule has 0 unspecified atom stereocenters. The summed E-state index contributed by atoms with van der Waals surface area (Å²) in [5.41, 5.74) is 5.24. The molecule has 0 spiro atoms. The van der Waals surface area contributed by atoms with Crippen LogP contribution in [0.3, 0.4) is 0 Å². The summed E-state index contributed by atoms with van der Waals surface area (Å²) in [7, 11) is -3.44. The monoisotopic (exact) mass is 203 g/mol. The van der Waals surface area contributed by atoms with E-state index in [4.69, 9.17) is 5.73 Å². The lowest BCUT2D eigenvalue weighted by Crippen LogP contribution is -2.33. The molecule has 13 heavy (non-hydrogen) atoms. The second kappa shape index (κ2) is 3.47. The Morgan fingerprint density at radius 2 is 2.23 bits per heavy atom. The van der Waals surface area contributed by atoms with E-state index < -0.39 is 9.84 Å². The molecular weight excluding hydrogens is 190 g/mol. The predicted octanol–water partition coefficient (Wildman–Crippen LogP) is -0.431. The van der Waals surface area contributed by atoms with Crippen molar-refractivity contribution in [3.63, 3.8) is 0 Å². The zero-order chi connectivity index (χ0) is 10.1. The fourth-order valence-corrected chi connectivity index (χ4v) is 1.77. The van der Waals surface area contributed by atoms with Gasteiger partial charge >= 0.3 is 0 Å². The molecule has 0 fully saturated rings. The van der Waals surface area contributed by atoms with Crippen LogP contribution in [0.2, 0.25) is 0 Å². The first-order valence-electron chi connectivity index (χ1n) is 3.95. The van der Waals surface area contributed by atoms with E-state index in [0.717, 1.165) is 0 Å². The Morgan fingerprint density at radius 3 is 2.62 bits per heavy atom. The highest BCUT2D eigenvalue weighted by Crippen LogP contribution is 2.11. The average Bonchev–Trinajstić information content (AvgIpc) is 2.25. The van der Waals surface area contributed by atoms with Gasteiger partial charge in [-0.3, -0.25) is 0 Å². The molecule has 0 saturated heterocycles. The Bertz CT molecular complexity index is 354. The van der Waals surface area contributed by atoms with Gasteiger partial charge in [0.2, 0.25) is 9.84 Å². The van der Waals surface area contributed by atoms with Crippen molar-refractivity contribution in [2.45, 2.75) is 19.9 Å². The highest BCUT2D eigenvalue weighted by molar-refractivity contribution is 8.10. The Balaban J connectivity index is 2.67. The van der Waals surface area contributed by atoms with Crippen molar-refractivity contribution in [1.82, 2.24) is 5.32 Å². The molecular formula is C7H13N3O2S. The van der Waals surface area contributed by atoms with Gasteiger partial charge in [0.25, 0.3) is 0 Å². The third-order valence-corrected chi connectivity index (χ3v) is 3.21. The molecule has 0 aromatic carbocycles. The van der Waals surface area contributed by atoms with Crippen molar-refractivity contribution in [3.05, 3.63) is 11.2 Å². The summed E-state index contributed by atoms with van der Waals surface area (Å²) in [4.78, 5) is 3.72. The number of sulfone groups is 1. The van der Waals surface area contributed by atoms with E-state index in [9.17, 15) is 8.42 Å². The Labute approximate surface area is 77.6 Å². The van der Waals surface area contributed by atoms with Gasteiger partial charge in [0.05, 0.1) is 6.20 Å². The zero-order valence-electron chi connectivity index (χ0n) is 7.61. The van der Waals surface area contributed by atoms with Crippen LogP contribution < -0.4 is 11.1 Å². The minimum absolute atomic E-state index is 0.0960. The molecule has 3 N–H and O–H groups in total. The fraction of sp³-hybridized carbons (Fsp3) is 0.571. The smallest absolute Gasteiger partial charge is 0.237 e. The van der Waals surface area contributed by atoms with E-state index in [1.54, 1.807) is 0 Å². The number of nitrogens with two attached hydrogens (primary N) is 1. The Hall–Kier alpha value is -0.880. The van der Waals surface area contributed by atoms with E-state index in [2.05, 4.69) is 10.3 Å². The van der Waals surface area contributed by atoms with Crippen LogP contribution in [-0.4, -0.2) is 26.0 Å². The molecule has 74 valence electrons. The standard InChI is InChI=1S/C7H13N3O2S/c1-5(2)9-4-7-10-3-6(8)13(7,11)12/h3,5,9H,4,8H2,1-2H3. The molecule has 0 saturated carbocycles. The predicted molar refractivity (Wildman–Crippen MR) is 51.8 cm³/mol. The molecule has 6 heteroatoms. The van der Waals surface area contributed by atoms with E-state index in [-0.39, 0.29) is 22.7 Å². The Kier molecular flexibility index (Phi) is 2.72. The fourth-order valence-electron chi connectivity index (χ4n) is 0.843. The summed E-state index contributed by atoms with van der Waals surface area (Å²) in [5.74, 6) is 0. The number of hydrogen-bond acceptors (Lipinski definition) is 5. The normalized spacial score (nSPS) is 20.2. The number of nitrogens with one attached hydrogen (secondary N) is 1. The summed E-state index contributed by atoms with van der Waals surface area (Å²) in [5, 5.41) is 2.89. The summed E-state index contributed by atoms with van der Waals surface area (Å²) in [6, 6.07) is 0.222. The van der Waals surface area contributed by atoms with Crippen LogP contribution in [-0.2, 0) is 9.84 Å². The first-order valence-corrected chi connectivity index (χ1v) is 5.43. The van der Waals surface area contributed by atoms with E-state index >= 15 is 0 Å². The molecule has 0 aliphatic carbocycles. The molecule has 0 atom stereocenters. The van der Waals surface area contributed by atoms with Crippen molar-refractivity contribution in [1.29, 1.82) is 0 Å². The van der Waals surface area contributed by atoms with Crippen molar-refractivity contribution in [2.24, 2.45) is 10.7 Å². The van der Waals surface area contributed by atoms with Crippen molar-refractivity contribution in [3.8, 4) is 0 Å². The number of nitrogens with zero attached hydrogens (tertiary/aromatic N) is 1. The highest BCUT2D eigenvalue weighted by atomic mass is 32.2. The quantitative estimate of drug-likeness (QED) is 0.651. The lowest BCUT2D eigenvalue weighted by atomic mass is 10.4. The molecule has 0 radical (unpaired) electrons. The third kappa shape index (κ3) is 2.07. The average molecular weight is 203 g/mol. The zero-order valence-corrected chi connectivity index (χ0v) is 8.43. The lowest BCUT2D eigenvalue weighted by molar-refractivity contribution is 0.609. The van der Waals surface area contributed by atoms with Crippen LogP contribution in [0.15, 0.2) is 16.2 Å². The first-order chi connectivity index (χ1) is 5.94.